The zero-order chi connectivity index (χ0) is 39.5. The number of carbonyl (C=O) groups excluding carboxylic acids is 1. The molecule has 1 aliphatic heterocycles. The molecule has 0 bridgehead atoms. The molecule has 1 saturated heterocycles. The van der Waals surface area contributed by atoms with E-state index in [4.69, 9.17) is 32.2 Å². The third-order valence-corrected chi connectivity index (χ3v) is 4.31. The molecule has 1 aliphatic rings. The van der Waals surface area contributed by atoms with Crippen LogP contribution in [0.3, 0.4) is 0 Å². The van der Waals surface area contributed by atoms with Crippen molar-refractivity contribution in [2.75, 3.05) is 26.6 Å². The summed E-state index contributed by atoms with van der Waals surface area (Å²) in [5.74, 6) is -5.87. The van der Waals surface area contributed by atoms with Crippen LogP contribution in [0.5, 0.6) is 5.75 Å². The van der Waals surface area contributed by atoms with Crippen molar-refractivity contribution in [3.63, 3.8) is 0 Å². The number of urea groups is 1. The van der Waals surface area contributed by atoms with E-state index in [0.29, 0.717) is 4.90 Å². The minimum Gasteiger partial charge on any atom is -0.493 e. The van der Waals surface area contributed by atoms with Gasteiger partial charge in [0.25, 0.3) is 0 Å². The molecule has 3 rings (SSSR count). The standard InChI is InChI=1S/C25H34FN3O2/c1-19(2)18-31-24-10-6-20(7-11-24)16-27-25(30)29(23-12-14-28(3)15-13-23)17-21-4-8-22(26)9-5-21/h4-11,19,23H,12-18H2,1-3H3,(H,27,30)/i1D3,2D3,3D3,4D,5D,8D,9D,16D2,17D2,18D2,19D. The number of hydrogen-bond acceptors (Lipinski definition) is 3. The van der Waals surface area contributed by atoms with Gasteiger partial charge in [-0.3, -0.25) is 0 Å². The van der Waals surface area contributed by atoms with E-state index in [9.17, 15) is 9.18 Å². The van der Waals surface area contributed by atoms with Crippen LogP contribution in [0, 0.1) is 11.7 Å². The summed E-state index contributed by atoms with van der Waals surface area (Å²) in [5.41, 5.74) is -1.43. The van der Waals surface area contributed by atoms with Gasteiger partial charge in [0.2, 0.25) is 0 Å². The highest BCUT2D eigenvalue weighted by Crippen LogP contribution is 2.19. The predicted octanol–water partition coefficient (Wildman–Crippen LogP) is 4.67. The fourth-order valence-corrected chi connectivity index (χ4v) is 2.81. The van der Waals surface area contributed by atoms with E-state index in [2.05, 4.69) is 0 Å². The number of halogens is 1. The number of rotatable bonds is 8. The van der Waals surface area contributed by atoms with Gasteiger partial charge in [-0.2, -0.15) is 0 Å². The molecule has 1 N–H and O–H groups in total. The van der Waals surface area contributed by atoms with Crippen molar-refractivity contribution in [2.45, 2.75) is 45.6 Å². The van der Waals surface area contributed by atoms with Gasteiger partial charge in [-0.1, -0.05) is 37.9 Å². The highest BCUT2D eigenvalue weighted by molar-refractivity contribution is 5.74. The first-order valence-electron chi connectivity index (χ1n) is 19.3. The lowest BCUT2D eigenvalue weighted by atomic mass is 10.0. The van der Waals surface area contributed by atoms with E-state index >= 15 is 0 Å². The van der Waals surface area contributed by atoms with Gasteiger partial charge in [-0.15, -0.1) is 0 Å². The minimum atomic E-state index is -3.76. The Morgan fingerprint density at radius 3 is 2.65 bits per heavy atom. The summed E-state index contributed by atoms with van der Waals surface area (Å²) in [7, 11) is 0. The Morgan fingerprint density at radius 2 is 2.00 bits per heavy atom. The van der Waals surface area contributed by atoms with E-state index in [0.717, 1.165) is 29.2 Å². The monoisotopic (exact) mass is 447 g/mol. The highest BCUT2D eigenvalue weighted by Gasteiger charge is 2.27. The molecular weight excluding hydrogens is 393 g/mol. The maximum absolute atomic E-state index is 14.4. The van der Waals surface area contributed by atoms with Gasteiger partial charge in [-0.05, 0) is 74.1 Å². The summed E-state index contributed by atoms with van der Waals surface area (Å²) in [6.07, 6.45) is -0.397. The second-order valence-corrected chi connectivity index (χ2v) is 6.55. The topological polar surface area (TPSA) is 44.8 Å². The largest absolute Gasteiger partial charge is 0.493 e. The quantitative estimate of drug-likeness (QED) is 0.640. The van der Waals surface area contributed by atoms with Crippen molar-refractivity contribution < 1.29 is 41.3 Å². The molecule has 0 aliphatic carbocycles. The number of benzene rings is 2. The van der Waals surface area contributed by atoms with Gasteiger partial charge in [0.1, 0.15) is 11.6 Å². The number of piperidine rings is 1. The van der Waals surface area contributed by atoms with Crippen LogP contribution in [0.4, 0.5) is 9.18 Å². The van der Waals surface area contributed by atoms with E-state index in [1.807, 2.05) is 5.32 Å². The van der Waals surface area contributed by atoms with E-state index in [1.165, 1.54) is 0 Å². The van der Waals surface area contributed by atoms with Crippen LogP contribution >= 0.6 is 0 Å². The van der Waals surface area contributed by atoms with Crippen molar-refractivity contribution in [3.05, 3.63) is 65.4 Å². The van der Waals surface area contributed by atoms with Crippen LogP contribution in [-0.2, 0) is 13.0 Å². The normalized spacial score (nSPS) is 27.5. The SMILES string of the molecule is [2H]c1c([2H])c(C([2H])([2H])N(C(=O)NC([2H])([2H])c2ccc(OC([2H])([2H])C([2H])(C([2H])([2H])[2H])C([2H])([2H])[2H])cc2)C2CCN(C([2H])([2H])[2H])CC2)c([2H])c([2H])c1F. The predicted molar refractivity (Wildman–Crippen MR) is 121 cm³/mol. The maximum atomic E-state index is 14.4. The smallest absolute Gasteiger partial charge is 0.318 e. The number of nitrogens with zero attached hydrogens (tertiary/aromatic N) is 2. The van der Waals surface area contributed by atoms with Crippen molar-refractivity contribution in [2.24, 2.45) is 5.89 Å². The van der Waals surface area contributed by atoms with Crippen LogP contribution in [0.2, 0.25) is 0 Å². The second-order valence-electron chi connectivity index (χ2n) is 6.55. The van der Waals surface area contributed by atoms with Crippen molar-refractivity contribution in [1.29, 1.82) is 0 Å². The molecule has 2 aromatic rings. The molecule has 5 nitrogen and oxygen atoms in total. The third-order valence-electron chi connectivity index (χ3n) is 4.31. The van der Waals surface area contributed by atoms with Crippen molar-refractivity contribution >= 4 is 6.03 Å². The van der Waals surface area contributed by atoms with Gasteiger partial charge in [0, 0.05) is 32.7 Å². The second kappa shape index (κ2) is 11.1. The Bertz CT molecular complexity index is 1560. The number of hydrogen-bond donors (Lipinski definition) is 1. The lowest BCUT2D eigenvalue weighted by molar-refractivity contribution is 0.127. The van der Waals surface area contributed by atoms with Gasteiger partial charge in [-0.25, -0.2) is 9.18 Å². The molecule has 0 atom stereocenters. The molecule has 1 fully saturated rings. The first-order valence-corrected chi connectivity index (χ1v) is 9.25. The average Bonchev–Trinajstić information content (AvgIpc) is 2.97. The summed E-state index contributed by atoms with van der Waals surface area (Å²) in [6.45, 7) is -20.1. The Hall–Kier alpha value is -2.60. The third kappa shape index (κ3) is 7.24. The summed E-state index contributed by atoms with van der Waals surface area (Å²) in [4.78, 5) is 15.3. The molecule has 0 unspecified atom stereocenters. The van der Waals surface area contributed by atoms with E-state index < -0.39 is 105 Å². The molecule has 2 aromatic carbocycles. The maximum Gasteiger partial charge on any atom is 0.318 e. The number of amides is 2. The Labute approximate surface area is 213 Å². The minimum absolute atomic E-state index is 0.190. The number of likely N-dealkylation sites (tertiary alicyclic amines) is 1. The summed E-state index contributed by atoms with van der Waals surface area (Å²) in [6, 6.07) is -3.82. The lowest BCUT2D eigenvalue weighted by Crippen LogP contribution is -2.49. The van der Waals surface area contributed by atoms with E-state index in [1.54, 1.807) is 0 Å². The Morgan fingerprint density at radius 1 is 1.29 bits per heavy atom. The molecule has 2 amide bonds. The number of ether oxygens (including phenoxy) is 1. The molecule has 1 heterocycles. The fourth-order valence-electron chi connectivity index (χ4n) is 2.81. The summed E-state index contributed by atoms with van der Waals surface area (Å²) in [5, 5.41) is 1.97. The van der Waals surface area contributed by atoms with Gasteiger partial charge >= 0.3 is 6.03 Å². The molecule has 0 saturated carbocycles. The number of nitrogens with one attached hydrogen (secondary N) is 1. The average molecular weight is 448 g/mol. The van der Waals surface area contributed by atoms with Gasteiger partial charge in [0.15, 0.2) is 0 Å². The molecule has 0 radical (unpaired) electrons. The van der Waals surface area contributed by atoms with Crippen LogP contribution < -0.4 is 10.1 Å². The zero-order valence-corrected chi connectivity index (χ0v) is 16.3. The molecular formula is C25H34FN3O2. The molecule has 31 heavy (non-hydrogen) atoms. The highest BCUT2D eigenvalue weighted by atomic mass is 19.1. The molecule has 168 valence electrons. The zero-order valence-electron chi connectivity index (χ0n) is 36.3. The first-order chi connectivity index (χ1) is 22.8. The van der Waals surface area contributed by atoms with Crippen LogP contribution in [0.15, 0.2) is 48.4 Å². The van der Waals surface area contributed by atoms with Crippen molar-refractivity contribution in [3.8, 4) is 5.75 Å². The first kappa shape index (κ1) is 8.39. The Balaban J connectivity index is 2.01. The molecule has 0 aromatic heterocycles. The molecule has 0 spiro atoms. The number of carbonyl (C=O) groups is 1. The summed E-state index contributed by atoms with van der Waals surface area (Å²) < 4.78 is 178. The Kier molecular flexibility index (Phi) is 3.02. The lowest BCUT2D eigenvalue weighted by Gasteiger charge is -2.37. The van der Waals surface area contributed by atoms with Crippen molar-refractivity contribution in [1.82, 2.24) is 15.1 Å². The van der Waals surface area contributed by atoms with Crippen LogP contribution in [0.1, 0.15) is 65.1 Å². The summed E-state index contributed by atoms with van der Waals surface area (Å²) >= 11 is 0. The van der Waals surface area contributed by atoms with Crippen LogP contribution in [-0.4, -0.2) is 48.5 Å². The van der Waals surface area contributed by atoms with Crippen LogP contribution in [0.25, 0.3) is 0 Å². The van der Waals surface area contributed by atoms with Gasteiger partial charge in [0.05, 0.1) is 20.3 Å². The molecule has 6 heteroatoms. The van der Waals surface area contributed by atoms with E-state index in [-0.39, 0.29) is 25.9 Å². The van der Waals surface area contributed by atoms with Gasteiger partial charge < -0.3 is 19.9 Å². The fraction of sp³-hybridized carbons (Fsp3) is 0.480.